The molecule has 0 atom stereocenters. The predicted octanol–water partition coefficient (Wildman–Crippen LogP) is 6.56. The number of hydrogen-bond acceptors (Lipinski definition) is 0. The molecule has 0 radical (unpaired) electrons. The fourth-order valence-corrected chi connectivity index (χ4v) is 4.04. The molecule has 2 aromatic carbocycles. The van der Waals surface area contributed by atoms with Crippen LogP contribution in [0.5, 0.6) is 0 Å². The summed E-state index contributed by atoms with van der Waals surface area (Å²) in [6, 6.07) is 12.3. The molecule has 2 aromatic rings. The van der Waals surface area contributed by atoms with Crippen LogP contribution in [0.3, 0.4) is 0 Å². The van der Waals surface area contributed by atoms with Gasteiger partial charge in [0.25, 0.3) is 0 Å². The van der Waals surface area contributed by atoms with Crippen LogP contribution in [0.1, 0.15) is 37.7 Å². The summed E-state index contributed by atoms with van der Waals surface area (Å²) >= 11 is 2.57. The summed E-state index contributed by atoms with van der Waals surface area (Å²) in [7, 11) is 0. The van der Waals surface area contributed by atoms with Crippen molar-refractivity contribution in [1.82, 2.24) is 0 Å². The minimum Gasteiger partial charge on any atom is -0.204 e. The van der Waals surface area contributed by atoms with Crippen molar-refractivity contribution in [2.24, 2.45) is 5.92 Å². The van der Waals surface area contributed by atoms with E-state index in [1.54, 1.807) is 6.07 Å². The van der Waals surface area contributed by atoms with Gasteiger partial charge < -0.3 is 0 Å². The van der Waals surface area contributed by atoms with E-state index in [1.165, 1.54) is 49.8 Å². The average molecular weight is 426 g/mol. The first-order valence-corrected chi connectivity index (χ1v) is 9.55. The van der Waals surface area contributed by atoms with Crippen LogP contribution in [0.25, 0.3) is 11.1 Å². The number of hydrogen-bond donors (Lipinski definition) is 0. The van der Waals surface area contributed by atoms with E-state index in [0.29, 0.717) is 0 Å². The average Bonchev–Trinajstić information content (AvgIpc) is 2.57. The smallest absolute Gasteiger partial charge is 0.159 e. The molecule has 0 heterocycles. The molecule has 0 nitrogen and oxygen atoms in total. The third-order valence-corrected chi connectivity index (χ3v) is 6.07. The quantitative estimate of drug-likeness (QED) is 0.384. The number of alkyl halides is 1. The molecule has 0 bridgehead atoms. The summed E-state index contributed by atoms with van der Waals surface area (Å²) in [4.78, 5) is 0. The topological polar surface area (TPSA) is 0 Å². The Labute approximate surface area is 150 Å². The normalized spacial score (nSPS) is 21.3. The van der Waals surface area contributed by atoms with Crippen LogP contribution >= 0.6 is 22.6 Å². The third-order valence-electron chi connectivity index (χ3n) is 4.82. The Morgan fingerprint density at radius 1 is 0.826 bits per heavy atom. The lowest BCUT2D eigenvalue weighted by Gasteiger charge is -2.25. The van der Waals surface area contributed by atoms with Crippen molar-refractivity contribution in [2.75, 3.05) is 0 Å². The minimum atomic E-state index is -0.799. The molecule has 122 valence electrons. The molecule has 0 spiro atoms. The second-order valence-corrected chi connectivity index (χ2v) is 8.24. The lowest BCUT2D eigenvalue weighted by atomic mass is 9.85. The highest BCUT2D eigenvalue weighted by atomic mass is 127. The maximum absolute atomic E-state index is 13.3. The lowest BCUT2D eigenvalue weighted by molar-refractivity contribution is 0.351. The Balaban J connectivity index is 1.59. The predicted molar refractivity (Wildman–Crippen MR) is 99.9 cm³/mol. The highest BCUT2D eigenvalue weighted by Gasteiger charge is 2.18. The Kier molecular flexibility index (Phi) is 5.67. The van der Waals surface area contributed by atoms with Crippen LogP contribution in [0.2, 0.25) is 0 Å². The van der Waals surface area contributed by atoms with Gasteiger partial charge in [0.15, 0.2) is 11.6 Å². The molecule has 1 aliphatic rings. The monoisotopic (exact) mass is 426 g/mol. The van der Waals surface area contributed by atoms with Gasteiger partial charge in [-0.05, 0) is 73.3 Å². The van der Waals surface area contributed by atoms with Gasteiger partial charge in [-0.25, -0.2) is 8.78 Å². The minimum absolute atomic E-state index is 0.718. The highest BCUT2D eigenvalue weighted by molar-refractivity contribution is 14.1. The zero-order valence-corrected chi connectivity index (χ0v) is 15.2. The molecule has 23 heavy (non-hydrogen) atoms. The van der Waals surface area contributed by atoms with Crippen LogP contribution < -0.4 is 0 Å². The first-order chi connectivity index (χ1) is 11.1. The zero-order valence-electron chi connectivity index (χ0n) is 13.1. The van der Waals surface area contributed by atoms with Crippen molar-refractivity contribution in [3.63, 3.8) is 0 Å². The molecule has 0 saturated heterocycles. The fraction of sp³-hybridized carbons (Fsp3) is 0.400. The van der Waals surface area contributed by atoms with Crippen LogP contribution in [0, 0.1) is 17.6 Å². The van der Waals surface area contributed by atoms with E-state index >= 15 is 0 Å². The molecule has 3 rings (SSSR count). The highest BCUT2D eigenvalue weighted by Crippen LogP contribution is 2.32. The van der Waals surface area contributed by atoms with Crippen molar-refractivity contribution >= 4 is 22.6 Å². The maximum Gasteiger partial charge on any atom is 0.159 e. The van der Waals surface area contributed by atoms with Gasteiger partial charge in [0.05, 0.1) is 0 Å². The molecule has 1 saturated carbocycles. The van der Waals surface area contributed by atoms with Gasteiger partial charge in [-0.1, -0.05) is 52.9 Å². The summed E-state index contributed by atoms with van der Waals surface area (Å²) in [6.07, 6.45) is 7.81. The standard InChI is InChI=1S/C20H21F2I/c21-19-12-9-17(13-20(19)22)16-7-3-14(4-8-16)1-2-15-5-10-18(23)11-6-15/h3-4,7-9,12-13,15,18H,1-2,5-6,10-11H2. The third kappa shape index (κ3) is 4.52. The van der Waals surface area contributed by atoms with Gasteiger partial charge in [0.2, 0.25) is 0 Å². The molecule has 1 aliphatic carbocycles. The summed E-state index contributed by atoms with van der Waals surface area (Å²) in [5, 5.41) is 0. The molecule has 3 heteroatoms. The first kappa shape index (κ1) is 16.9. The fourth-order valence-electron chi connectivity index (χ4n) is 3.32. The SMILES string of the molecule is Fc1ccc(-c2ccc(CCC3CCC(I)CC3)cc2)cc1F. The van der Waals surface area contributed by atoms with E-state index in [-0.39, 0.29) is 0 Å². The van der Waals surface area contributed by atoms with Crippen LogP contribution in [0.4, 0.5) is 8.78 Å². The van der Waals surface area contributed by atoms with Crippen LogP contribution in [-0.2, 0) is 6.42 Å². The summed E-state index contributed by atoms with van der Waals surface area (Å²) in [6.45, 7) is 0. The Morgan fingerprint density at radius 2 is 1.48 bits per heavy atom. The van der Waals surface area contributed by atoms with Gasteiger partial charge in [0, 0.05) is 3.92 Å². The lowest BCUT2D eigenvalue weighted by Crippen LogP contribution is -2.14. The molecule has 1 fully saturated rings. The van der Waals surface area contributed by atoms with Gasteiger partial charge in [0.1, 0.15) is 0 Å². The molecule has 0 aromatic heterocycles. The Morgan fingerprint density at radius 3 is 2.13 bits per heavy atom. The van der Waals surface area contributed by atoms with Crippen LogP contribution in [-0.4, -0.2) is 3.92 Å². The summed E-state index contributed by atoms with van der Waals surface area (Å²) in [5.74, 6) is -0.726. The summed E-state index contributed by atoms with van der Waals surface area (Å²) < 4.78 is 27.2. The molecule has 0 amide bonds. The maximum atomic E-state index is 13.3. The van der Waals surface area contributed by atoms with E-state index in [4.69, 9.17) is 0 Å². The van der Waals surface area contributed by atoms with Crippen molar-refractivity contribution in [3.05, 3.63) is 59.7 Å². The largest absolute Gasteiger partial charge is 0.204 e. The second-order valence-electron chi connectivity index (χ2n) is 6.48. The van der Waals surface area contributed by atoms with Crippen molar-refractivity contribution in [2.45, 2.75) is 42.4 Å². The van der Waals surface area contributed by atoms with Gasteiger partial charge in [-0.15, -0.1) is 0 Å². The van der Waals surface area contributed by atoms with Crippen molar-refractivity contribution < 1.29 is 8.78 Å². The summed E-state index contributed by atoms with van der Waals surface area (Å²) in [5.41, 5.74) is 2.97. The molecular formula is C20H21F2I. The van der Waals surface area contributed by atoms with Gasteiger partial charge in [-0.3, -0.25) is 0 Å². The Hall–Kier alpha value is -0.970. The van der Waals surface area contributed by atoms with Crippen molar-refractivity contribution in [3.8, 4) is 11.1 Å². The molecule has 0 aliphatic heterocycles. The number of benzene rings is 2. The zero-order chi connectivity index (χ0) is 16.2. The Bertz CT molecular complexity index is 643. The molecule has 0 N–H and O–H groups in total. The van der Waals surface area contributed by atoms with E-state index in [9.17, 15) is 8.78 Å². The van der Waals surface area contributed by atoms with Gasteiger partial charge >= 0.3 is 0 Å². The molecule has 0 unspecified atom stereocenters. The van der Waals surface area contributed by atoms with Crippen molar-refractivity contribution in [1.29, 1.82) is 0 Å². The molecular weight excluding hydrogens is 405 g/mol. The number of aryl methyl sites for hydroxylation is 1. The van der Waals surface area contributed by atoms with E-state index in [0.717, 1.165) is 27.4 Å². The first-order valence-electron chi connectivity index (χ1n) is 8.30. The second kappa shape index (κ2) is 7.73. The van der Waals surface area contributed by atoms with Crippen LogP contribution in [0.15, 0.2) is 42.5 Å². The van der Waals surface area contributed by atoms with E-state index < -0.39 is 11.6 Å². The number of rotatable bonds is 4. The van der Waals surface area contributed by atoms with Gasteiger partial charge in [-0.2, -0.15) is 0 Å². The number of halogens is 3. The van der Waals surface area contributed by atoms with E-state index in [1.807, 2.05) is 12.1 Å². The van der Waals surface area contributed by atoms with E-state index in [2.05, 4.69) is 34.7 Å².